The maximum absolute atomic E-state index is 13.6. The van der Waals surface area contributed by atoms with Crippen molar-refractivity contribution in [2.75, 3.05) is 19.0 Å². The fourth-order valence-corrected chi connectivity index (χ4v) is 4.99. The molecule has 1 aliphatic rings. The highest BCUT2D eigenvalue weighted by Gasteiger charge is 2.22. The number of anilines is 1. The first-order chi connectivity index (χ1) is 18.9. The molecule has 0 atom stereocenters. The molecule has 1 N–H and O–H groups in total. The van der Waals surface area contributed by atoms with Crippen LogP contribution < -0.4 is 15.2 Å². The van der Waals surface area contributed by atoms with E-state index in [9.17, 15) is 14.7 Å². The lowest BCUT2D eigenvalue weighted by molar-refractivity contribution is 0.0696. The zero-order valence-corrected chi connectivity index (χ0v) is 22.2. The van der Waals surface area contributed by atoms with Gasteiger partial charge >= 0.3 is 5.97 Å². The molecule has 0 aliphatic heterocycles. The molecule has 0 unspecified atom stereocenters. The van der Waals surface area contributed by atoms with Gasteiger partial charge in [0.25, 0.3) is 5.56 Å². The normalized spacial score (nSPS) is 14.1. The van der Waals surface area contributed by atoms with Crippen LogP contribution in [0.25, 0.3) is 10.9 Å². The molecule has 200 valence electrons. The predicted molar refractivity (Wildman–Crippen MR) is 153 cm³/mol. The number of ether oxygens (including phenoxy) is 1. The SMILES string of the molecule is CN(C)c1ccc(C=Nn2c(C3CCCCC3)nc3ccccc3c2=O)c(OCc2cccc(C(=O)O)c2)c1. The van der Waals surface area contributed by atoms with Crippen LogP contribution in [0.3, 0.4) is 0 Å². The maximum atomic E-state index is 13.6. The van der Waals surface area contributed by atoms with E-state index in [1.165, 1.54) is 11.1 Å². The molecule has 0 radical (unpaired) electrons. The zero-order valence-electron chi connectivity index (χ0n) is 22.2. The fraction of sp³-hybridized carbons (Fsp3) is 0.290. The third-order valence-electron chi connectivity index (χ3n) is 7.14. The fourth-order valence-electron chi connectivity index (χ4n) is 4.99. The lowest BCUT2D eigenvalue weighted by Crippen LogP contribution is -2.25. The number of fused-ring (bicyclic) bond motifs is 1. The minimum atomic E-state index is -0.984. The molecule has 8 nitrogen and oxygen atoms in total. The second-order valence-corrected chi connectivity index (χ2v) is 10.1. The predicted octanol–water partition coefficient (Wildman–Crippen LogP) is 5.67. The van der Waals surface area contributed by atoms with Gasteiger partial charge in [-0.3, -0.25) is 4.79 Å². The van der Waals surface area contributed by atoms with Crippen LogP contribution in [0, 0.1) is 0 Å². The number of aromatic carboxylic acids is 1. The standard InChI is InChI=1S/C31H32N4O4/c1-34(2)25-16-15-24(28(18-25)39-20-21-9-8-12-23(17-21)31(37)38)19-32-35-29(22-10-4-3-5-11-22)33-27-14-7-6-13-26(27)30(35)36/h6-9,12-19,22H,3-5,10-11,20H2,1-2H3,(H,37,38). The van der Waals surface area contributed by atoms with Crippen molar-refractivity contribution in [2.24, 2.45) is 5.10 Å². The van der Waals surface area contributed by atoms with Crippen molar-refractivity contribution in [3.05, 3.63) is 99.6 Å². The summed E-state index contributed by atoms with van der Waals surface area (Å²) < 4.78 is 7.63. The molecule has 8 heteroatoms. The van der Waals surface area contributed by atoms with Gasteiger partial charge in [0.05, 0.1) is 22.7 Å². The second kappa shape index (κ2) is 11.5. The highest BCUT2D eigenvalue weighted by molar-refractivity contribution is 5.87. The Morgan fingerprint density at radius 3 is 2.64 bits per heavy atom. The molecular formula is C31H32N4O4. The molecule has 5 rings (SSSR count). The van der Waals surface area contributed by atoms with Gasteiger partial charge in [-0.05, 0) is 54.8 Å². The summed E-state index contributed by atoms with van der Waals surface area (Å²) in [4.78, 5) is 31.8. The summed E-state index contributed by atoms with van der Waals surface area (Å²) in [6.45, 7) is 0.184. The van der Waals surface area contributed by atoms with Crippen LogP contribution in [0.1, 0.15) is 65.3 Å². The Kier molecular flexibility index (Phi) is 7.72. The van der Waals surface area contributed by atoms with Crippen LogP contribution in [0.15, 0.2) is 76.6 Å². The Labute approximate surface area is 227 Å². The van der Waals surface area contributed by atoms with Crippen molar-refractivity contribution < 1.29 is 14.6 Å². The molecule has 1 heterocycles. The van der Waals surface area contributed by atoms with Gasteiger partial charge < -0.3 is 14.7 Å². The molecule has 1 aliphatic carbocycles. The number of nitrogens with zero attached hydrogens (tertiary/aromatic N) is 4. The lowest BCUT2D eigenvalue weighted by atomic mass is 9.88. The maximum Gasteiger partial charge on any atom is 0.335 e. The van der Waals surface area contributed by atoms with Crippen molar-refractivity contribution in [2.45, 2.75) is 44.6 Å². The third kappa shape index (κ3) is 5.85. The van der Waals surface area contributed by atoms with E-state index in [0.29, 0.717) is 28.0 Å². The van der Waals surface area contributed by atoms with Crippen LogP contribution in [-0.2, 0) is 6.61 Å². The number of para-hydroxylation sites is 1. The Balaban J connectivity index is 1.52. The number of hydrogen-bond donors (Lipinski definition) is 1. The van der Waals surface area contributed by atoms with Crippen molar-refractivity contribution in [1.29, 1.82) is 0 Å². The Morgan fingerprint density at radius 1 is 1.08 bits per heavy atom. The average molecular weight is 525 g/mol. The van der Waals surface area contributed by atoms with Crippen LogP contribution in [0.5, 0.6) is 5.75 Å². The largest absolute Gasteiger partial charge is 0.488 e. The Bertz CT molecular complexity index is 1590. The number of rotatable bonds is 8. The Morgan fingerprint density at radius 2 is 1.87 bits per heavy atom. The van der Waals surface area contributed by atoms with Crippen molar-refractivity contribution >= 4 is 28.8 Å². The van der Waals surface area contributed by atoms with Gasteiger partial charge in [-0.2, -0.15) is 9.78 Å². The van der Waals surface area contributed by atoms with Crippen LogP contribution >= 0.6 is 0 Å². The van der Waals surface area contributed by atoms with Crippen molar-refractivity contribution in [3.8, 4) is 5.75 Å². The molecule has 0 spiro atoms. The quantitative estimate of drug-likeness (QED) is 0.298. The van der Waals surface area contributed by atoms with Gasteiger partial charge in [0.2, 0.25) is 0 Å². The summed E-state index contributed by atoms with van der Waals surface area (Å²) in [5.41, 5.74) is 3.09. The zero-order chi connectivity index (χ0) is 27.4. The summed E-state index contributed by atoms with van der Waals surface area (Å²) in [7, 11) is 3.89. The first-order valence-corrected chi connectivity index (χ1v) is 13.2. The topological polar surface area (TPSA) is 97.0 Å². The minimum Gasteiger partial charge on any atom is -0.488 e. The van der Waals surface area contributed by atoms with Crippen LogP contribution in [0.2, 0.25) is 0 Å². The lowest BCUT2D eigenvalue weighted by Gasteiger charge is -2.22. The molecule has 4 aromatic rings. The molecular weight excluding hydrogens is 492 g/mol. The van der Waals surface area contributed by atoms with E-state index >= 15 is 0 Å². The van der Waals surface area contributed by atoms with E-state index < -0.39 is 5.97 Å². The van der Waals surface area contributed by atoms with Gasteiger partial charge in [-0.15, -0.1) is 0 Å². The molecule has 0 bridgehead atoms. The van der Waals surface area contributed by atoms with E-state index in [1.807, 2.05) is 61.5 Å². The third-order valence-corrected chi connectivity index (χ3v) is 7.14. The molecule has 3 aromatic carbocycles. The second-order valence-electron chi connectivity index (χ2n) is 10.1. The van der Waals surface area contributed by atoms with E-state index in [-0.39, 0.29) is 23.6 Å². The van der Waals surface area contributed by atoms with Gasteiger partial charge in [-0.25, -0.2) is 9.78 Å². The summed E-state index contributed by atoms with van der Waals surface area (Å²) in [6, 6.07) is 19.9. The number of aromatic nitrogens is 2. The van der Waals surface area contributed by atoms with Gasteiger partial charge in [0.1, 0.15) is 18.2 Å². The number of carbonyl (C=O) groups is 1. The number of hydrogen-bond acceptors (Lipinski definition) is 6. The monoisotopic (exact) mass is 524 g/mol. The van der Waals surface area contributed by atoms with E-state index in [1.54, 1.807) is 30.5 Å². The summed E-state index contributed by atoms with van der Waals surface area (Å²) in [6.07, 6.45) is 7.05. The number of benzene rings is 3. The average Bonchev–Trinajstić information content (AvgIpc) is 2.96. The van der Waals surface area contributed by atoms with Crippen LogP contribution in [0.4, 0.5) is 5.69 Å². The Hall–Kier alpha value is -4.46. The first kappa shape index (κ1) is 26.2. The van der Waals surface area contributed by atoms with Crippen LogP contribution in [-0.4, -0.2) is 41.0 Å². The van der Waals surface area contributed by atoms with E-state index in [2.05, 4.69) is 5.10 Å². The smallest absolute Gasteiger partial charge is 0.335 e. The summed E-state index contributed by atoms with van der Waals surface area (Å²) in [5.74, 6) is 0.475. The van der Waals surface area contributed by atoms with Crippen molar-refractivity contribution in [1.82, 2.24) is 9.66 Å². The minimum absolute atomic E-state index is 0.182. The first-order valence-electron chi connectivity index (χ1n) is 13.2. The molecule has 0 amide bonds. The van der Waals surface area contributed by atoms with Crippen molar-refractivity contribution in [3.63, 3.8) is 0 Å². The number of carboxylic acids is 1. The van der Waals surface area contributed by atoms with Gasteiger partial charge in [0.15, 0.2) is 0 Å². The van der Waals surface area contributed by atoms with E-state index in [0.717, 1.165) is 36.9 Å². The highest BCUT2D eigenvalue weighted by atomic mass is 16.5. The molecule has 1 fully saturated rings. The van der Waals surface area contributed by atoms with Gasteiger partial charge in [-0.1, -0.05) is 43.5 Å². The molecule has 1 saturated carbocycles. The summed E-state index contributed by atoms with van der Waals surface area (Å²) in [5, 5.41) is 14.5. The molecule has 39 heavy (non-hydrogen) atoms. The van der Waals surface area contributed by atoms with E-state index in [4.69, 9.17) is 9.72 Å². The molecule has 1 aromatic heterocycles. The molecule has 0 saturated heterocycles. The highest BCUT2D eigenvalue weighted by Crippen LogP contribution is 2.32. The summed E-state index contributed by atoms with van der Waals surface area (Å²) >= 11 is 0. The number of carboxylic acid groups (broad SMARTS) is 1. The van der Waals surface area contributed by atoms with Gasteiger partial charge in [0, 0.05) is 37.3 Å².